The minimum atomic E-state index is -0.831. The van der Waals surface area contributed by atoms with Gasteiger partial charge in [-0.25, -0.2) is 4.39 Å². The van der Waals surface area contributed by atoms with Crippen LogP contribution < -0.4 is 0 Å². The van der Waals surface area contributed by atoms with Crippen molar-refractivity contribution in [3.63, 3.8) is 0 Å². The molecule has 1 fully saturated rings. The van der Waals surface area contributed by atoms with E-state index in [9.17, 15) is 29.6 Å². The lowest BCUT2D eigenvalue weighted by molar-refractivity contribution is -0.142. The molecule has 188 valence electrons. The van der Waals surface area contributed by atoms with Gasteiger partial charge in [0.1, 0.15) is 5.82 Å². The van der Waals surface area contributed by atoms with Crippen LogP contribution in [-0.2, 0) is 11.2 Å². The van der Waals surface area contributed by atoms with Crippen molar-refractivity contribution in [2.24, 2.45) is 11.8 Å². The van der Waals surface area contributed by atoms with Crippen molar-refractivity contribution < 1.29 is 29.6 Å². The lowest BCUT2D eigenvalue weighted by Gasteiger charge is -2.24. The average Bonchev–Trinajstić information content (AvgIpc) is 3.04. The van der Waals surface area contributed by atoms with Gasteiger partial charge in [-0.2, -0.15) is 11.8 Å². The molecular formula is C26H41FO5S. The van der Waals surface area contributed by atoms with Gasteiger partial charge in [0.15, 0.2) is 0 Å². The van der Waals surface area contributed by atoms with Crippen molar-refractivity contribution in [1.82, 2.24) is 0 Å². The first-order valence-electron chi connectivity index (χ1n) is 12.4. The van der Waals surface area contributed by atoms with E-state index >= 15 is 0 Å². The second-order valence-corrected chi connectivity index (χ2v) is 10.7. The fourth-order valence-electron chi connectivity index (χ4n) is 4.75. The molecule has 5 nitrogen and oxygen atoms in total. The molecular weight excluding hydrogens is 443 g/mol. The Morgan fingerprint density at radius 2 is 1.76 bits per heavy atom. The summed E-state index contributed by atoms with van der Waals surface area (Å²) in [5.74, 6) is -1.07. The molecule has 0 heterocycles. The number of aliphatic carboxylic acids is 1. The molecule has 1 saturated carbocycles. The van der Waals surface area contributed by atoms with Crippen LogP contribution in [-0.4, -0.2) is 55.7 Å². The molecule has 0 bridgehead atoms. The standard InChI is InChI=1S/C26H41FO5S/c1-2-3-5-9-21(28)17-33-25-22(23(29)16-24(25)30)10-7-4-6-8-19(26(31)32)15-18-11-13-20(27)14-12-18/h11-14,19,21-25,28-30H,2-10,15-17H2,1H3,(H,31,32)/t19?,21?,22-,23?,24?,25+/m0/s1. The number of carboxylic acids is 1. The van der Waals surface area contributed by atoms with Gasteiger partial charge in [0, 0.05) is 17.4 Å². The van der Waals surface area contributed by atoms with Crippen molar-refractivity contribution in [1.29, 1.82) is 0 Å². The van der Waals surface area contributed by atoms with E-state index < -0.39 is 24.1 Å². The highest BCUT2D eigenvalue weighted by Crippen LogP contribution is 2.39. The normalized spacial score (nSPS) is 24.6. The summed E-state index contributed by atoms with van der Waals surface area (Å²) in [4.78, 5) is 11.6. The van der Waals surface area contributed by atoms with Crippen molar-refractivity contribution in [2.45, 2.75) is 101 Å². The zero-order valence-corrected chi connectivity index (χ0v) is 20.6. The van der Waals surface area contributed by atoms with Gasteiger partial charge in [-0.3, -0.25) is 4.79 Å². The zero-order valence-electron chi connectivity index (χ0n) is 19.7. The van der Waals surface area contributed by atoms with E-state index in [4.69, 9.17) is 0 Å². The van der Waals surface area contributed by atoms with Gasteiger partial charge in [-0.15, -0.1) is 0 Å². The quantitative estimate of drug-likeness (QED) is 0.252. The molecule has 0 radical (unpaired) electrons. The Kier molecular flexibility index (Phi) is 12.7. The van der Waals surface area contributed by atoms with Gasteiger partial charge < -0.3 is 20.4 Å². The van der Waals surface area contributed by atoms with E-state index in [-0.39, 0.29) is 23.1 Å². The molecule has 6 atom stereocenters. The number of thioether (sulfide) groups is 1. The number of carboxylic acid groups (broad SMARTS) is 1. The van der Waals surface area contributed by atoms with Crippen molar-refractivity contribution >= 4 is 17.7 Å². The van der Waals surface area contributed by atoms with Crippen LogP contribution in [0.1, 0.15) is 76.7 Å². The molecule has 1 aliphatic rings. The van der Waals surface area contributed by atoms with Crippen molar-refractivity contribution in [3.05, 3.63) is 35.6 Å². The highest BCUT2D eigenvalue weighted by Gasteiger charge is 2.41. The van der Waals surface area contributed by atoms with Gasteiger partial charge >= 0.3 is 5.97 Å². The van der Waals surface area contributed by atoms with Crippen molar-refractivity contribution in [2.75, 3.05) is 5.75 Å². The van der Waals surface area contributed by atoms with E-state index in [0.29, 0.717) is 25.0 Å². The molecule has 1 aliphatic carbocycles. The molecule has 0 aliphatic heterocycles. The summed E-state index contributed by atoms with van der Waals surface area (Å²) in [6.45, 7) is 2.13. The van der Waals surface area contributed by atoms with Crippen LogP contribution in [0.5, 0.6) is 0 Å². The Morgan fingerprint density at radius 1 is 1.06 bits per heavy atom. The van der Waals surface area contributed by atoms with E-state index in [0.717, 1.165) is 56.9 Å². The summed E-state index contributed by atoms with van der Waals surface area (Å²) in [6.07, 6.45) is 7.20. The van der Waals surface area contributed by atoms with E-state index in [1.807, 2.05) is 0 Å². The summed E-state index contributed by atoms with van der Waals surface area (Å²) in [5.41, 5.74) is 0.823. The third kappa shape index (κ3) is 9.93. The van der Waals surface area contributed by atoms with Gasteiger partial charge in [0.05, 0.1) is 24.2 Å². The van der Waals surface area contributed by atoms with Gasteiger partial charge in [-0.1, -0.05) is 57.6 Å². The van der Waals surface area contributed by atoms with Crippen LogP contribution in [0.2, 0.25) is 0 Å². The Labute approximate surface area is 201 Å². The fourth-order valence-corrected chi connectivity index (χ4v) is 6.26. The number of aliphatic hydroxyl groups is 3. The highest BCUT2D eigenvalue weighted by molar-refractivity contribution is 8.00. The summed E-state index contributed by atoms with van der Waals surface area (Å²) in [7, 11) is 0. The molecule has 0 aromatic heterocycles. The molecule has 1 aromatic rings. The fraction of sp³-hybridized carbons (Fsp3) is 0.731. The summed E-state index contributed by atoms with van der Waals surface area (Å²) in [6, 6.07) is 5.98. The monoisotopic (exact) mass is 484 g/mol. The molecule has 7 heteroatoms. The Balaban J connectivity index is 1.72. The molecule has 2 rings (SSSR count). The largest absolute Gasteiger partial charge is 0.481 e. The number of unbranched alkanes of at least 4 members (excludes halogenated alkanes) is 4. The Morgan fingerprint density at radius 3 is 2.42 bits per heavy atom. The third-order valence-electron chi connectivity index (χ3n) is 6.74. The lowest BCUT2D eigenvalue weighted by atomic mass is 9.92. The number of carbonyl (C=O) groups is 1. The maximum atomic E-state index is 13.1. The second kappa shape index (κ2) is 15.0. The van der Waals surface area contributed by atoms with E-state index in [2.05, 4.69) is 6.92 Å². The molecule has 0 saturated heterocycles. The third-order valence-corrected chi connectivity index (χ3v) is 8.36. The summed E-state index contributed by atoms with van der Waals surface area (Å²) < 4.78 is 13.1. The molecule has 0 spiro atoms. The average molecular weight is 485 g/mol. The van der Waals surface area contributed by atoms with E-state index in [1.54, 1.807) is 23.9 Å². The zero-order chi connectivity index (χ0) is 24.2. The van der Waals surface area contributed by atoms with Crippen molar-refractivity contribution in [3.8, 4) is 0 Å². The van der Waals surface area contributed by atoms with Gasteiger partial charge in [-0.05, 0) is 49.3 Å². The topological polar surface area (TPSA) is 98.0 Å². The molecule has 1 aromatic carbocycles. The lowest BCUT2D eigenvalue weighted by Crippen LogP contribution is -2.27. The SMILES string of the molecule is CCCCCC(O)CS[C@H]1C(O)CC(O)[C@@H]1CCCCCC(Cc1ccc(F)cc1)C(=O)O. The summed E-state index contributed by atoms with van der Waals surface area (Å²) >= 11 is 1.58. The maximum absolute atomic E-state index is 13.1. The first-order chi connectivity index (χ1) is 15.8. The number of aliphatic hydroxyl groups excluding tert-OH is 3. The minimum absolute atomic E-state index is 0.00216. The number of hydrogen-bond acceptors (Lipinski definition) is 5. The second-order valence-electron chi connectivity index (χ2n) is 9.49. The van der Waals surface area contributed by atoms with Crippen LogP contribution in [0.15, 0.2) is 24.3 Å². The van der Waals surface area contributed by atoms with Crippen LogP contribution in [0.4, 0.5) is 4.39 Å². The molecule has 4 unspecified atom stereocenters. The first-order valence-corrected chi connectivity index (χ1v) is 13.5. The van der Waals surface area contributed by atoms with Crippen LogP contribution in [0, 0.1) is 17.7 Å². The number of halogens is 1. The molecule has 33 heavy (non-hydrogen) atoms. The molecule has 4 N–H and O–H groups in total. The molecule has 0 amide bonds. The number of hydrogen-bond donors (Lipinski definition) is 4. The van der Waals surface area contributed by atoms with Crippen LogP contribution in [0.3, 0.4) is 0 Å². The van der Waals surface area contributed by atoms with Crippen LogP contribution in [0.25, 0.3) is 0 Å². The van der Waals surface area contributed by atoms with Gasteiger partial charge in [0.25, 0.3) is 0 Å². The van der Waals surface area contributed by atoms with E-state index in [1.165, 1.54) is 12.1 Å². The minimum Gasteiger partial charge on any atom is -0.481 e. The van der Waals surface area contributed by atoms with Gasteiger partial charge in [0.2, 0.25) is 0 Å². The Bertz CT molecular complexity index is 686. The maximum Gasteiger partial charge on any atom is 0.306 e. The predicted octanol–water partition coefficient (Wildman–Crippen LogP) is 4.80. The highest BCUT2D eigenvalue weighted by atomic mass is 32.2. The predicted molar refractivity (Wildman–Crippen MR) is 131 cm³/mol. The van der Waals surface area contributed by atoms with Crippen LogP contribution >= 0.6 is 11.8 Å². The smallest absolute Gasteiger partial charge is 0.306 e. The number of rotatable bonds is 16. The Hall–Kier alpha value is -1.15. The summed E-state index contributed by atoms with van der Waals surface area (Å²) in [5, 5.41) is 40.5. The number of benzene rings is 1. The first kappa shape index (κ1) is 28.1.